The summed E-state index contributed by atoms with van der Waals surface area (Å²) in [5, 5.41) is 6.08. The Hall–Kier alpha value is -2.38. The standard InChI is InChI=1S/C16H24N6O2/c1-9(2)7-8-21-14(23)12-13(19(5)16(21)24)17-15-20(6)18-10(3)11(4)22(12)15/h9,11H,7-8H2,1-6H3/t11-/m0/s1. The number of imidazole rings is 1. The van der Waals surface area contributed by atoms with Gasteiger partial charge in [0.05, 0.1) is 11.8 Å². The summed E-state index contributed by atoms with van der Waals surface area (Å²) in [7, 11) is 3.45. The maximum absolute atomic E-state index is 13.0. The van der Waals surface area contributed by atoms with Gasteiger partial charge in [-0.2, -0.15) is 10.1 Å². The summed E-state index contributed by atoms with van der Waals surface area (Å²) in [6.45, 7) is 8.47. The van der Waals surface area contributed by atoms with Crippen LogP contribution in [0.1, 0.15) is 40.2 Å². The molecular formula is C16H24N6O2. The van der Waals surface area contributed by atoms with Crippen molar-refractivity contribution in [1.29, 1.82) is 0 Å². The number of hydrogen-bond acceptors (Lipinski definition) is 5. The monoisotopic (exact) mass is 332 g/mol. The molecule has 2 aromatic heterocycles. The van der Waals surface area contributed by atoms with E-state index in [1.807, 2.05) is 18.4 Å². The zero-order valence-corrected chi connectivity index (χ0v) is 15.1. The van der Waals surface area contributed by atoms with Crippen LogP contribution in [0.2, 0.25) is 0 Å². The summed E-state index contributed by atoms with van der Waals surface area (Å²) >= 11 is 0. The lowest BCUT2D eigenvalue weighted by Gasteiger charge is -2.26. The smallest absolute Gasteiger partial charge is 0.294 e. The van der Waals surface area contributed by atoms with E-state index in [9.17, 15) is 9.59 Å². The van der Waals surface area contributed by atoms with E-state index in [4.69, 9.17) is 0 Å². The first-order valence-electron chi connectivity index (χ1n) is 8.24. The highest BCUT2D eigenvalue weighted by Gasteiger charge is 2.29. The van der Waals surface area contributed by atoms with Gasteiger partial charge >= 0.3 is 5.69 Å². The molecule has 0 aromatic carbocycles. The van der Waals surface area contributed by atoms with E-state index in [0.717, 1.165) is 12.1 Å². The first-order valence-corrected chi connectivity index (χ1v) is 8.24. The van der Waals surface area contributed by atoms with Gasteiger partial charge < -0.3 is 0 Å². The Bertz CT molecular complexity index is 946. The lowest BCUT2D eigenvalue weighted by Crippen LogP contribution is -2.40. The normalized spacial score (nSPS) is 17.5. The number of hydrogen-bond donors (Lipinski definition) is 0. The van der Waals surface area contributed by atoms with Crippen molar-refractivity contribution in [1.82, 2.24) is 18.7 Å². The van der Waals surface area contributed by atoms with Crippen LogP contribution in [0.4, 0.5) is 5.95 Å². The van der Waals surface area contributed by atoms with Crippen molar-refractivity contribution in [2.45, 2.75) is 46.7 Å². The second-order valence-corrected chi connectivity index (χ2v) is 6.88. The van der Waals surface area contributed by atoms with Crippen molar-refractivity contribution >= 4 is 22.8 Å². The zero-order valence-electron chi connectivity index (χ0n) is 15.1. The molecule has 1 aliphatic heterocycles. The molecule has 3 heterocycles. The van der Waals surface area contributed by atoms with E-state index in [0.29, 0.717) is 29.6 Å². The quantitative estimate of drug-likeness (QED) is 0.849. The topological polar surface area (TPSA) is 77.4 Å². The molecule has 0 amide bonds. The van der Waals surface area contributed by atoms with Crippen molar-refractivity contribution < 1.29 is 0 Å². The average Bonchev–Trinajstić information content (AvgIpc) is 2.91. The van der Waals surface area contributed by atoms with Crippen LogP contribution >= 0.6 is 0 Å². The predicted octanol–water partition coefficient (Wildman–Crippen LogP) is 1.33. The molecule has 0 saturated heterocycles. The zero-order chi connectivity index (χ0) is 17.8. The Morgan fingerprint density at radius 2 is 1.88 bits per heavy atom. The molecule has 0 radical (unpaired) electrons. The number of aromatic nitrogens is 4. The van der Waals surface area contributed by atoms with E-state index in [1.54, 1.807) is 19.1 Å². The Labute approximate surface area is 140 Å². The molecule has 0 bridgehead atoms. The van der Waals surface area contributed by atoms with Gasteiger partial charge in [-0.25, -0.2) is 9.80 Å². The Morgan fingerprint density at radius 1 is 1.21 bits per heavy atom. The van der Waals surface area contributed by atoms with Crippen LogP contribution in [0, 0.1) is 5.92 Å². The SMILES string of the molecule is CC1=NN(C)c2nc3c(c(=O)n(CCC(C)C)c(=O)n3C)n2[C@H]1C. The highest BCUT2D eigenvalue weighted by molar-refractivity contribution is 5.90. The summed E-state index contributed by atoms with van der Waals surface area (Å²) in [4.78, 5) is 30.1. The Morgan fingerprint density at radius 3 is 2.50 bits per heavy atom. The minimum absolute atomic E-state index is 0.0787. The number of anilines is 1. The number of fused-ring (bicyclic) bond motifs is 3. The predicted molar refractivity (Wildman–Crippen MR) is 94.9 cm³/mol. The third kappa shape index (κ3) is 2.28. The third-order valence-corrected chi connectivity index (χ3v) is 4.68. The molecule has 8 heteroatoms. The molecular weight excluding hydrogens is 308 g/mol. The van der Waals surface area contributed by atoms with Crippen molar-refractivity contribution in [3.05, 3.63) is 20.8 Å². The fourth-order valence-corrected chi connectivity index (χ4v) is 3.06. The molecule has 3 rings (SSSR count). The van der Waals surface area contributed by atoms with Gasteiger partial charge in [-0.1, -0.05) is 13.8 Å². The molecule has 2 aromatic rings. The van der Waals surface area contributed by atoms with Crippen molar-refractivity contribution in [3.63, 3.8) is 0 Å². The first kappa shape index (κ1) is 16.5. The summed E-state index contributed by atoms with van der Waals surface area (Å²) in [5.41, 5.74) is 1.17. The second kappa shape index (κ2) is 5.61. The molecule has 1 aliphatic rings. The fourth-order valence-electron chi connectivity index (χ4n) is 3.06. The lowest BCUT2D eigenvalue weighted by atomic mass is 10.1. The maximum Gasteiger partial charge on any atom is 0.332 e. The van der Waals surface area contributed by atoms with Gasteiger partial charge in [0.2, 0.25) is 5.95 Å². The number of hydrazone groups is 1. The van der Waals surface area contributed by atoms with E-state index in [2.05, 4.69) is 23.9 Å². The summed E-state index contributed by atoms with van der Waals surface area (Å²) < 4.78 is 4.66. The van der Waals surface area contributed by atoms with Gasteiger partial charge in [0.25, 0.3) is 5.56 Å². The van der Waals surface area contributed by atoms with Gasteiger partial charge in [0.15, 0.2) is 11.2 Å². The fraction of sp³-hybridized carbons (Fsp3) is 0.625. The lowest BCUT2D eigenvalue weighted by molar-refractivity contribution is 0.487. The molecule has 0 fully saturated rings. The van der Waals surface area contributed by atoms with Gasteiger partial charge in [-0.15, -0.1) is 0 Å². The first-order chi connectivity index (χ1) is 11.2. The van der Waals surface area contributed by atoms with Crippen LogP contribution in [0.25, 0.3) is 11.2 Å². The highest BCUT2D eigenvalue weighted by Crippen LogP contribution is 2.28. The minimum Gasteiger partial charge on any atom is -0.294 e. The maximum atomic E-state index is 13.0. The van der Waals surface area contributed by atoms with Crippen LogP contribution in [0.5, 0.6) is 0 Å². The van der Waals surface area contributed by atoms with Gasteiger partial charge in [0, 0.05) is 20.6 Å². The highest BCUT2D eigenvalue weighted by atomic mass is 16.2. The summed E-state index contributed by atoms with van der Waals surface area (Å²) in [5.74, 6) is 0.993. The number of nitrogens with zero attached hydrogens (tertiary/aromatic N) is 6. The number of rotatable bonds is 3. The van der Waals surface area contributed by atoms with Crippen LogP contribution in [-0.4, -0.2) is 31.4 Å². The molecule has 0 unspecified atom stereocenters. The Kier molecular flexibility index (Phi) is 3.85. The minimum atomic E-state index is -0.323. The molecule has 0 N–H and O–H groups in total. The van der Waals surface area contributed by atoms with Crippen molar-refractivity contribution in [2.75, 3.05) is 12.1 Å². The molecule has 24 heavy (non-hydrogen) atoms. The molecule has 0 spiro atoms. The van der Waals surface area contributed by atoms with Crippen LogP contribution in [-0.2, 0) is 13.6 Å². The summed E-state index contributed by atoms with van der Waals surface area (Å²) in [6, 6.07) is -0.0787. The van der Waals surface area contributed by atoms with Gasteiger partial charge in [-0.3, -0.25) is 18.5 Å². The van der Waals surface area contributed by atoms with E-state index < -0.39 is 0 Å². The Balaban J connectivity index is 2.34. The molecule has 1 atom stereocenters. The molecule has 0 aliphatic carbocycles. The second-order valence-electron chi connectivity index (χ2n) is 6.88. The summed E-state index contributed by atoms with van der Waals surface area (Å²) in [6.07, 6.45) is 0.775. The largest absolute Gasteiger partial charge is 0.332 e. The van der Waals surface area contributed by atoms with Gasteiger partial charge in [0.1, 0.15) is 0 Å². The number of aryl methyl sites for hydroxylation is 1. The van der Waals surface area contributed by atoms with Crippen LogP contribution < -0.4 is 16.3 Å². The van der Waals surface area contributed by atoms with Gasteiger partial charge in [-0.05, 0) is 26.2 Å². The van der Waals surface area contributed by atoms with E-state index in [-0.39, 0.29) is 17.3 Å². The van der Waals surface area contributed by atoms with E-state index >= 15 is 0 Å². The average molecular weight is 332 g/mol. The van der Waals surface area contributed by atoms with Crippen LogP contribution in [0.15, 0.2) is 14.7 Å². The van der Waals surface area contributed by atoms with E-state index in [1.165, 1.54) is 9.13 Å². The molecule has 0 saturated carbocycles. The third-order valence-electron chi connectivity index (χ3n) is 4.68. The van der Waals surface area contributed by atoms with Crippen LogP contribution in [0.3, 0.4) is 0 Å². The van der Waals surface area contributed by atoms with Crippen molar-refractivity contribution in [3.8, 4) is 0 Å². The van der Waals surface area contributed by atoms with Crippen molar-refractivity contribution in [2.24, 2.45) is 18.1 Å². The molecule has 130 valence electrons. The molecule has 8 nitrogen and oxygen atoms in total.